The number of nitrogens with one attached hydrogen (secondary N) is 1. The minimum absolute atomic E-state index is 0.100. The highest BCUT2D eigenvalue weighted by Gasteiger charge is 2.29. The fourth-order valence-electron chi connectivity index (χ4n) is 2.66. The number of carbonyl (C=O) groups is 1. The molecular weight excluding hydrogens is 412 g/mol. The Balaban J connectivity index is 2.20. The van der Waals surface area contributed by atoms with Crippen molar-refractivity contribution in [3.63, 3.8) is 0 Å². The van der Waals surface area contributed by atoms with Crippen LogP contribution in [0.3, 0.4) is 0 Å². The number of halogens is 1. The largest absolute Gasteiger partial charge is 0.478 e. The van der Waals surface area contributed by atoms with Crippen LogP contribution >= 0.6 is 15.9 Å². The zero-order valence-corrected chi connectivity index (χ0v) is 17.4. The maximum Gasteiger partial charge on any atom is 0.264 e. The van der Waals surface area contributed by atoms with Gasteiger partial charge in [-0.1, -0.05) is 5.92 Å². The lowest BCUT2D eigenvalue weighted by atomic mass is 10.0. The molecular formula is C20H23BrN2O4. The number of ether oxygens (including phenoxy) is 3. The molecule has 27 heavy (non-hydrogen) atoms. The van der Waals surface area contributed by atoms with Gasteiger partial charge in [0.2, 0.25) is 0 Å². The van der Waals surface area contributed by atoms with Crippen molar-refractivity contribution < 1.29 is 19.0 Å². The highest BCUT2D eigenvalue weighted by Crippen LogP contribution is 2.23. The summed E-state index contributed by atoms with van der Waals surface area (Å²) in [7, 11) is 3.08. The van der Waals surface area contributed by atoms with Gasteiger partial charge < -0.3 is 19.5 Å². The van der Waals surface area contributed by atoms with Gasteiger partial charge in [-0.05, 0) is 54.0 Å². The first kappa shape index (κ1) is 21.2. The van der Waals surface area contributed by atoms with Crippen LogP contribution in [-0.2, 0) is 14.3 Å². The molecule has 1 aromatic heterocycles. The zero-order valence-electron chi connectivity index (χ0n) is 15.8. The van der Waals surface area contributed by atoms with Gasteiger partial charge in [-0.3, -0.25) is 9.78 Å². The van der Waals surface area contributed by atoms with Crippen molar-refractivity contribution in [3.05, 3.63) is 34.9 Å². The second-order valence-corrected chi connectivity index (χ2v) is 7.11. The van der Waals surface area contributed by atoms with E-state index in [1.165, 1.54) is 7.11 Å². The topological polar surface area (TPSA) is 69.7 Å². The Labute approximate surface area is 167 Å². The molecule has 0 bridgehead atoms. The third-order valence-electron chi connectivity index (χ3n) is 3.74. The van der Waals surface area contributed by atoms with E-state index in [-0.39, 0.29) is 19.1 Å². The van der Waals surface area contributed by atoms with Crippen LogP contribution in [-0.4, -0.2) is 50.0 Å². The van der Waals surface area contributed by atoms with E-state index < -0.39 is 11.6 Å². The summed E-state index contributed by atoms with van der Waals surface area (Å²) in [6.45, 7) is 3.87. The molecule has 144 valence electrons. The number of amides is 1. The summed E-state index contributed by atoms with van der Waals surface area (Å²) in [6, 6.07) is 7.40. The number of hydrogen-bond donors (Lipinski definition) is 1. The van der Waals surface area contributed by atoms with Crippen LogP contribution in [0.5, 0.6) is 5.75 Å². The van der Waals surface area contributed by atoms with Gasteiger partial charge in [0, 0.05) is 30.3 Å². The molecule has 2 aromatic rings. The third-order valence-corrected chi connectivity index (χ3v) is 4.17. The Morgan fingerprint density at radius 3 is 2.78 bits per heavy atom. The lowest BCUT2D eigenvalue weighted by Gasteiger charge is -2.27. The van der Waals surface area contributed by atoms with Gasteiger partial charge in [-0.25, -0.2) is 0 Å². The Bertz CT molecular complexity index is 862. The number of aromatic nitrogens is 1. The third kappa shape index (κ3) is 5.93. The smallest absolute Gasteiger partial charge is 0.264 e. The highest BCUT2D eigenvalue weighted by atomic mass is 79.9. The quantitative estimate of drug-likeness (QED) is 0.646. The predicted octanol–water partition coefficient (Wildman–Crippen LogP) is 2.94. The summed E-state index contributed by atoms with van der Waals surface area (Å²) in [4.78, 5) is 17.1. The first-order chi connectivity index (χ1) is 12.9. The first-order valence-corrected chi connectivity index (χ1v) is 9.16. The van der Waals surface area contributed by atoms with E-state index in [2.05, 4.69) is 38.1 Å². The van der Waals surface area contributed by atoms with Crippen LogP contribution in [0.15, 0.2) is 34.9 Å². The number of rotatable bonds is 8. The predicted molar refractivity (Wildman–Crippen MR) is 108 cm³/mol. The van der Waals surface area contributed by atoms with E-state index in [1.54, 1.807) is 33.2 Å². The van der Waals surface area contributed by atoms with Crippen LogP contribution in [0, 0.1) is 11.8 Å². The number of benzene rings is 1. The average Bonchev–Trinajstić information content (AvgIpc) is 2.61. The molecule has 0 saturated heterocycles. The van der Waals surface area contributed by atoms with E-state index >= 15 is 0 Å². The first-order valence-electron chi connectivity index (χ1n) is 8.36. The summed E-state index contributed by atoms with van der Waals surface area (Å²) in [5, 5.41) is 3.79. The van der Waals surface area contributed by atoms with Gasteiger partial charge in [0.15, 0.2) is 6.10 Å². The van der Waals surface area contributed by atoms with Crippen molar-refractivity contribution in [1.82, 2.24) is 10.3 Å². The molecule has 1 amide bonds. The summed E-state index contributed by atoms with van der Waals surface area (Å²) in [5.41, 5.74) is 0.0258. The molecule has 2 atom stereocenters. The monoisotopic (exact) mass is 434 g/mol. The molecule has 0 aliphatic heterocycles. The normalized spacial score (nSPS) is 14.0. The molecule has 2 rings (SSSR count). The van der Waals surface area contributed by atoms with Crippen LogP contribution in [0.4, 0.5) is 0 Å². The van der Waals surface area contributed by atoms with E-state index in [4.69, 9.17) is 14.2 Å². The highest BCUT2D eigenvalue weighted by molar-refractivity contribution is 9.10. The molecule has 0 spiro atoms. The molecule has 1 heterocycles. The van der Waals surface area contributed by atoms with Gasteiger partial charge in [0.25, 0.3) is 5.91 Å². The Hall–Kier alpha value is -2.14. The average molecular weight is 435 g/mol. The van der Waals surface area contributed by atoms with Crippen LogP contribution in [0.25, 0.3) is 10.9 Å². The zero-order chi connectivity index (χ0) is 19.9. The fourth-order valence-corrected chi connectivity index (χ4v) is 3.00. The SMILES string of the molecule is CC#CC(C)(COC)NC(=O)C(COC)Oc1ccc2ncc(Br)cc2c1. The van der Waals surface area contributed by atoms with Gasteiger partial charge in [0.05, 0.1) is 18.7 Å². The Kier molecular flexibility index (Phi) is 7.60. The standard InChI is InChI=1S/C20H23BrN2O4/c1-5-8-20(2,13-26-4)23-19(24)18(12-25-3)27-16-6-7-17-14(10-16)9-15(21)11-22-17/h6-7,9-11,18H,12-13H2,1-4H3,(H,23,24). The lowest BCUT2D eigenvalue weighted by Crippen LogP contribution is -2.53. The van der Waals surface area contributed by atoms with Crippen molar-refractivity contribution in [2.75, 3.05) is 27.4 Å². The molecule has 0 saturated carbocycles. The van der Waals surface area contributed by atoms with Gasteiger partial charge in [-0.15, -0.1) is 5.92 Å². The van der Waals surface area contributed by atoms with Crippen LogP contribution in [0.1, 0.15) is 13.8 Å². The van der Waals surface area contributed by atoms with Crippen molar-refractivity contribution >= 4 is 32.7 Å². The van der Waals surface area contributed by atoms with Crippen molar-refractivity contribution in [2.24, 2.45) is 0 Å². The minimum Gasteiger partial charge on any atom is -0.478 e. The molecule has 1 N–H and O–H groups in total. The summed E-state index contributed by atoms with van der Waals surface area (Å²) in [5.74, 6) is 6.00. The summed E-state index contributed by atoms with van der Waals surface area (Å²) < 4.78 is 17.1. The van der Waals surface area contributed by atoms with Gasteiger partial charge in [-0.2, -0.15) is 0 Å². The lowest BCUT2D eigenvalue weighted by molar-refractivity contribution is -0.132. The Morgan fingerprint density at radius 1 is 1.33 bits per heavy atom. The van der Waals surface area contributed by atoms with Crippen LogP contribution in [0.2, 0.25) is 0 Å². The maximum atomic E-state index is 12.8. The van der Waals surface area contributed by atoms with Crippen molar-refractivity contribution in [2.45, 2.75) is 25.5 Å². The molecule has 1 aromatic carbocycles. The molecule has 2 unspecified atom stereocenters. The maximum absolute atomic E-state index is 12.8. The minimum atomic E-state index is -0.831. The number of methoxy groups -OCH3 is 2. The molecule has 0 radical (unpaired) electrons. The number of fused-ring (bicyclic) bond motifs is 1. The van der Waals surface area contributed by atoms with E-state index in [0.29, 0.717) is 5.75 Å². The number of pyridine rings is 1. The molecule has 0 fully saturated rings. The van der Waals surface area contributed by atoms with Crippen molar-refractivity contribution in [3.8, 4) is 17.6 Å². The van der Waals surface area contributed by atoms with E-state index in [0.717, 1.165) is 15.4 Å². The van der Waals surface area contributed by atoms with Crippen LogP contribution < -0.4 is 10.1 Å². The second kappa shape index (κ2) is 9.70. The fraction of sp³-hybridized carbons (Fsp3) is 0.400. The van der Waals surface area contributed by atoms with Gasteiger partial charge in [0.1, 0.15) is 11.3 Å². The molecule has 0 aliphatic carbocycles. The van der Waals surface area contributed by atoms with E-state index in [9.17, 15) is 4.79 Å². The summed E-state index contributed by atoms with van der Waals surface area (Å²) in [6.07, 6.45) is 0.900. The number of nitrogens with zero attached hydrogens (tertiary/aromatic N) is 1. The molecule has 6 nitrogen and oxygen atoms in total. The van der Waals surface area contributed by atoms with E-state index in [1.807, 2.05) is 18.2 Å². The van der Waals surface area contributed by atoms with Gasteiger partial charge >= 0.3 is 0 Å². The second-order valence-electron chi connectivity index (χ2n) is 6.20. The number of hydrogen-bond acceptors (Lipinski definition) is 5. The Morgan fingerprint density at radius 2 is 2.11 bits per heavy atom. The molecule has 0 aliphatic rings. The molecule has 7 heteroatoms. The number of carbonyl (C=O) groups excluding carboxylic acids is 1. The van der Waals surface area contributed by atoms with Crippen molar-refractivity contribution in [1.29, 1.82) is 0 Å². The summed E-state index contributed by atoms with van der Waals surface area (Å²) >= 11 is 3.41.